The summed E-state index contributed by atoms with van der Waals surface area (Å²) in [4.78, 5) is 27.2. The molecule has 0 saturated carbocycles. The molecule has 0 spiro atoms. The Bertz CT molecular complexity index is 1370. The maximum absolute atomic E-state index is 13.4. The first-order valence-electron chi connectivity index (χ1n) is 10.1. The van der Waals surface area contributed by atoms with Crippen LogP contribution in [0.5, 0.6) is 0 Å². The number of amides is 2. The van der Waals surface area contributed by atoms with Crippen LogP contribution in [0.25, 0.3) is 5.69 Å². The summed E-state index contributed by atoms with van der Waals surface area (Å²) < 4.78 is 39.1. The summed E-state index contributed by atoms with van der Waals surface area (Å²) in [7, 11) is -3.36. The van der Waals surface area contributed by atoms with E-state index < -0.39 is 27.5 Å². The van der Waals surface area contributed by atoms with E-state index in [0.29, 0.717) is 27.7 Å². The Morgan fingerprint density at radius 3 is 2.42 bits per heavy atom. The molecule has 0 aliphatic carbocycles. The third-order valence-corrected chi connectivity index (χ3v) is 7.43. The van der Waals surface area contributed by atoms with Gasteiger partial charge >= 0.3 is 0 Å². The Kier molecular flexibility index (Phi) is 5.21. The molecule has 0 bridgehead atoms. The number of benzene rings is 2. The Labute approximate surface area is 193 Å². The van der Waals surface area contributed by atoms with Gasteiger partial charge in [0.25, 0.3) is 0 Å². The molecule has 1 aromatic heterocycles. The van der Waals surface area contributed by atoms with Gasteiger partial charge in [0.2, 0.25) is 11.8 Å². The number of anilines is 2. The summed E-state index contributed by atoms with van der Waals surface area (Å²) >= 11 is 5.91. The second-order valence-electron chi connectivity index (χ2n) is 8.07. The van der Waals surface area contributed by atoms with Crippen molar-refractivity contribution in [3.05, 3.63) is 70.6 Å². The highest BCUT2D eigenvalue weighted by molar-refractivity contribution is 7.90. The number of hydrogen-bond donors (Lipinski definition) is 1. The summed E-state index contributed by atoms with van der Waals surface area (Å²) in [6, 6.07) is 12.2. The summed E-state index contributed by atoms with van der Waals surface area (Å²) in [5.41, 5.74) is 1.87. The monoisotopic (exact) mass is 488 g/mol. The van der Waals surface area contributed by atoms with Gasteiger partial charge < -0.3 is 10.2 Å². The van der Waals surface area contributed by atoms with E-state index in [2.05, 4.69) is 10.4 Å². The number of nitrogens with one attached hydrogen (secondary N) is 1. The molecule has 0 radical (unpaired) electrons. The molecule has 5 rings (SSSR count). The fourth-order valence-electron chi connectivity index (χ4n) is 4.11. The number of halogens is 2. The highest BCUT2D eigenvalue weighted by Crippen LogP contribution is 2.34. The summed E-state index contributed by atoms with van der Waals surface area (Å²) in [6.07, 6.45) is 0.0135. The number of nitrogens with zero attached hydrogens (tertiary/aromatic N) is 3. The fraction of sp³-hybridized carbons (Fsp3) is 0.227. The molecule has 1 fully saturated rings. The lowest BCUT2D eigenvalue weighted by atomic mass is 10.1. The molecule has 1 unspecified atom stereocenters. The minimum Gasteiger partial charge on any atom is -0.312 e. The second-order valence-corrected chi connectivity index (χ2v) is 10.6. The van der Waals surface area contributed by atoms with Gasteiger partial charge in [-0.3, -0.25) is 9.59 Å². The van der Waals surface area contributed by atoms with Gasteiger partial charge in [0.15, 0.2) is 9.84 Å². The van der Waals surface area contributed by atoms with Gasteiger partial charge in [-0.2, -0.15) is 5.10 Å². The predicted molar refractivity (Wildman–Crippen MR) is 120 cm³/mol. The maximum atomic E-state index is 13.4. The quantitative estimate of drug-likeness (QED) is 0.608. The molecule has 3 aromatic rings. The van der Waals surface area contributed by atoms with Crippen LogP contribution < -0.4 is 10.2 Å². The van der Waals surface area contributed by atoms with Crippen molar-refractivity contribution in [2.75, 3.05) is 16.8 Å². The summed E-state index contributed by atoms with van der Waals surface area (Å²) in [6.45, 7) is 0.178. The van der Waals surface area contributed by atoms with Gasteiger partial charge in [0.1, 0.15) is 11.6 Å². The largest absolute Gasteiger partial charge is 0.312 e. The van der Waals surface area contributed by atoms with Crippen molar-refractivity contribution in [2.24, 2.45) is 5.92 Å². The van der Waals surface area contributed by atoms with E-state index >= 15 is 0 Å². The number of rotatable bonds is 4. The first kappa shape index (κ1) is 21.6. The Balaban J connectivity index is 1.43. The molecule has 11 heteroatoms. The molecule has 8 nitrogen and oxygen atoms in total. The molecule has 2 aliphatic heterocycles. The van der Waals surface area contributed by atoms with Crippen LogP contribution in [-0.4, -0.2) is 36.6 Å². The van der Waals surface area contributed by atoms with Crippen molar-refractivity contribution in [2.45, 2.75) is 17.9 Å². The van der Waals surface area contributed by atoms with Crippen LogP contribution in [-0.2, 0) is 30.9 Å². The van der Waals surface area contributed by atoms with Crippen molar-refractivity contribution in [3.8, 4) is 5.69 Å². The van der Waals surface area contributed by atoms with Gasteiger partial charge in [0.05, 0.1) is 28.8 Å². The van der Waals surface area contributed by atoms with Crippen LogP contribution in [0, 0.1) is 11.7 Å². The van der Waals surface area contributed by atoms with E-state index in [4.69, 9.17) is 11.6 Å². The zero-order valence-electron chi connectivity index (χ0n) is 17.2. The van der Waals surface area contributed by atoms with E-state index in [1.54, 1.807) is 24.3 Å². The SMILES string of the molecule is O=C(Nc1c2c(nn1-c1ccc(F)cc1)CS(=O)(=O)C2)C1CC(=O)N(c2ccc(Cl)cc2)C1. The molecule has 3 heterocycles. The first-order valence-corrected chi connectivity index (χ1v) is 12.3. The summed E-state index contributed by atoms with van der Waals surface area (Å²) in [5, 5.41) is 7.69. The van der Waals surface area contributed by atoms with Crippen molar-refractivity contribution < 1.29 is 22.4 Å². The Hall–Kier alpha value is -3.24. The predicted octanol–water partition coefficient (Wildman–Crippen LogP) is 3.08. The zero-order chi connectivity index (χ0) is 23.3. The Morgan fingerprint density at radius 1 is 1.06 bits per heavy atom. The van der Waals surface area contributed by atoms with E-state index in [9.17, 15) is 22.4 Å². The molecule has 2 aliphatic rings. The van der Waals surface area contributed by atoms with E-state index in [0.717, 1.165) is 0 Å². The average molecular weight is 489 g/mol. The highest BCUT2D eigenvalue weighted by Gasteiger charge is 2.38. The van der Waals surface area contributed by atoms with E-state index in [-0.39, 0.29) is 36.2 Å². The van der Waals surface area contributed by atoms with Gasteiger partial charge in [-0.05, 0) is 48.5 Å². The topological polar surface area (TPSA) is 101 Å². The lowest BCUT2D eigenvalue weighted by molar-refractivity contribution is -0.122. The summed E-state index contributed by atoms with van der Waals surface area (Å²) in [5.74, 6) is -1.95. The molecular formula is C22H18ClFN4O4S. The van der Waals surface area contributed by atoms with Crippen molar-refractivity contribution in [1.29, 1.82) is 0 Å². The third-order valence-electron chi connectivity index (χ3n) is 5.73. The smallest absolute Gasteiger partial charge is 0.230 e. The van der Waals surface area contributed by atoms with Crippen LogP contribution in [0.2, 0.25) is 5.02 Å². The molecule has 170 valence electrons. The minimum atomic E-state index is -3.36. The molecule has 1 N–H and O–H groups in total. The lowest BCUT2D eigenvalue weighted by Gasteiger charge is -2.17. The average Bonchev–Trinajstić information content (AvgIpc) is 3.40. The van der Waals surface area contributed by atoms with Crippen molar-refractivity contribution in [1.82, 2.24) is 9.78 Å². The van der Waals surface area contributed by atoms with Crippen LogP contribution in [0.15, 0.2) is 48.5 Å². The van der Waals surface area contributed by atoms with Crippen molar-refractivity contribution >= 4 is 44.8 Å². The van der Waals surface area contributed by atoms with Gasteiger partial charge in [0, 0.05) is 29.2 Å². The van der Waals surface area contributed by atoms with Gasteiger partial charge in [-0.25, -0.2) is 17.5 Å². The zero-order valence-corrected chi connectivity index (χ0v) is 18.7. The molecular weight excluding hydrogens is 471 g/mol. The third kappa shape index (κ3) is 4.11. The van der Waals surface area contributed by atoms with Crippen molar-refractivity contribution in [3.63, 3.8) is 0 Å². The van der Waals surface area contributed by atoms with E-state index in [1.807, 2.05) is 0 Å². The van der Waals surface area contributed by atoms with Gasteiger partial charge in [-0.15, -0.1) is 0 Å². The molecule has 1 saturated heterocycles. The number of fused-ring (bicyclic) bond motifs is 1. The maximum Gasteiger partial charge on any atom is 0.230 e. The second kappa shape index (κ2) is 7.96. The first-order chi connectivity index (χ1) is 15.7. The number of aromatic nitrogens is 2. The fourth-order valence-corrected chi connectivity index (χ4v) is 5.73. The van der Waals surface area contributed by atoms with Crippen LogP contribution >= 0.6 is 11.6 Å². The number of hydrogen-bond acceptors (Lipinski definition) is 5. The molecule has 33 heavy (non-hydrogen) atoms. The van der Waals surface area contributed by atoms with Crippen LogP contribution in [0.4, 0.5) is 15.9 Å². The Morgan fingerprint density at radius 2 is 1.73 bits per heavy atom. The normalized spacial score (nSPS) is 19.0. The molecule has 1 atom stereocenters. The lowest BCUT2D eigenvalue weighted by Crippen LogP contribution is -2.29. The number of carbonyl (C=O) groups is 2. The highest BCUT2D eigenvalue weighted by atomic mass is 35.5. The van der Waals surface area contributed by atoms with Gasteiger partial charge in [-0.1, -0.05) is 11.6 Å². The number of sulfone groups is 1. The van der Waals surface area contributed by atoms with Crippen LogP contribution in [0.3, 0.4) is 0 Å². The number of carbonyl (C=O) groups excluding carboxylic acids is 2. The van der Waals surface area contributed by atoms with E-state index in [1.165, 1.54) is 33.8 Å². The molecule has 2 aromatic carbocycles. The van der Waals surface area contributed by atoms with Crippen LogP contribution in [0.1, 0.15) is 17.7 Å². The minimum absolute atomic E-state index is 0.0135. The standard InChI is InChI=1S/C22H18ClFN4O4S/c23-14-1-5-16(6-2-14)27-10-13(9-20(27)29)22(30)25-21-18-11-33(31,32)12-19(18)26-28(21)17-7-3-15(24)4-8-17/h1-8,13H,9-12H2,(H,25,30). The molecule has 2 amide bonds.